The van der Waals surface area contributed by atoms with Gasteiger partial charge in [-0.15, -0.1) is 11.3 Å². The maximum Gasteiger partial charge on any atom is 0.387 e. The highest BCUT2D eigenvalue weighted by molar-refractivity contribution is 7.13. The molecule has 0 spiro atoms. The molecule has 2 aromatic carbocycles. The fourth-order valence-corrected chi connectivity index (χ4v) is 3.41. The van der Waals surface area contributed by atoms with E-state index in [-0.39, 0.29) is 22.2 Å². The monoisotopic (exact) mass is 481 g/mol. The fourth-order valence-electron chi connectivity index (χ4n) is 2.51. The molecule has 7 nitrogen and oxygen atoms in total. The number of ether oxygens (including phenoxy) is 2. The maximum absolute atomic E-state index is 12.3. The van der Waals surface area contributed by atoms with E-state index in [1.807, 2.05) is 30.3 Å². The molecule has 168 valence electrons. The van der Waals surface area contributed by atoms with Crippen molar-refractivity contribution in [3.05, 3.63) is 70.2 Å². The number of hydrogen-bond donors (Lipinski definition) is 2. The fraction of sp³-hybridized carbons (Fsp3) is 0.190. The minimum Gasteiger partial charge on any atom is -0.448 e. The van der Waals surface area contributed by atoms with Crippen LogP contribution in [0.2, 0.25) is 5.02 Å². The smallest absolute Gasteiger partial charge is 0.387 e. The first-order valence-corrected chi connectivity index (χ1v) is 10.6. The molecule has 1 amide bonds. The highest BCUT2D eigenvalue weighted by Crippen LogP contribution is 2.29. The van der Waals surface area contributed by atoms with Gasteiger partial charge in [-0.2, -0.15) is 8.78 Å². The van der Waals surface area contributed by atoms with E-state index in [2.05, 4.69) is 20.4 Å². The number of halogens is 3. The van der Waals surface area contributed by atoms with Gasteiger partial charge in [-0.05, 0) is 30.7 Å². The summed E-state index contributed by atoms with van der Waals surface area (Å²) in [5.41, 5.74) is 1.36. The summed E-state index contributed by atoms with van der Waals surface area (Å²) in [5.74, 6) is -1.61. The average molecular weight is 482 g/mol. The third-order valence-electron chi connectivity index (χ3n) is 4.07. The Morgan fingerprint density at radius 3 is 2.62 bits per heavy atom. The molecule has 3 aromatic rings. The summed E-state index contributed by atoms with van der Waals surface area (Å²) >= 11 is 7.10. The molecule has 0 aliphatic rings. The summed E-state index contributed by atoms with van der Waals surface area (Å²) in [4.78, 5) is 28.8. The van der Waals surface area contributed by atoms with Crippen LogP contribution >= 0.6 is 22.9 Å². The van der Waals surface area contributed by atoms with Crippen LogP contribution in [0.4, 0.5) is 19.6 Å². The number of anilines is 2. The van der Waals surface area contributed by atoms with Crippen LogP contribution in [0.25, 0.3) is 0 Å². The van der Waals surface area contributed by atoms with Gasteiger partial charge in [0.1, 0.15) is 5.75 Å². The van der Waals surface area contributed by atoms with Gasteiger partial charge in [-0.25, -0.2) is 9.78 Å². The van der Waals surface area contributed by atoms with E-state index in [0.29, 0.717) is 11.7 Å². The molecule has 1 unspecified atom stereocenters. The minimum absolute atomic E-state index is 0.0711. The van der Waals surface area contributed by atoms with E-state index in [0.717, 1.165) is 5.56 Å². The lowest BCUT2D eigenvalue weighted by atomic mass is 10.2. The lowest BCUT2D eigenvalue weighted by Crippen LogP contribution is -2.30. The Morgan fingerprint density at radius 1 is 1.19 bits per heavy atom. The van der Waals surface area contributed by atoms with Crippen molar-refractivity contribution in [1.82, 2.24) is 4.98 Å². The Morgan fingerprint density at radius 2 is 1.94 bits per heavy atom. The zero-order valence-electron chi connectivity index (χ0n) is 16.7. The Balaban J connectivity index is 1.52. The number of hydrogen-bond acceptors (Lipinski definition) is 7. The Kier molecular flexibility index (Phi) is 7.96. The van der Waals surface area contributed by atoms with Crippen LogP contribution in [0.15, 0.2) is 53.9 Å². The van der Waals surface area contributed by atoms with Gasteiger partial charge in [0.25, 0.3) is 5.91 Å². The van der Waals surface area contributed by atoms with Gasteiger partial charge in [-0.3, -0.25) is 4.79 Å². The van der Waals surface area contributed by atoms with Gasteiger partial charge in [0.05, 0.1) is 5.02 Å². The van der Waals surface area contributed by atoms with Crippen molar-refractivity contribution < 1.29 is 27.8 Å². The summed E-state index contributed by atoms with van der Waals surface area (Å²) < 4.78 is 34.0. The van der Waals surface area contributed by atoms with E-state index in [9.17, 15) is 18.4 Å². The number of thiazole rings is 1. The van der Waals surface area contributed by atoms with Crippen LogP contribution in [-0.2, 0) is 16.1 Å². The number of alkyl halides is 2. The van der Waals surface area contributed by atoms with E-state index in [1.54, 1.807) is 0 Å². The van der Waals surface area contributed by atoms with Crippen LogP contribution in [0.5, 0.6) is 5.75 Å². The summed E-state index contributed by atoms with van der Waals surface area (Å²) in [6.45, 7) is -1.08. The van der Waals surface area contributed by atoms with Gasteiger partial charge >= 0.3 is 12.6 Å². The molecule has 11 heteroatoms. The predicted molar refractivity (Wildman–Crippen MR) is 117 cm³/mol. The average Bonchev–Trinajstić information content (AvgIpc) is 3.24. The number of rotatable bonds is 9. The molecule has 2 N–H and O–H groups in total. The normalized spacial score (nSPS) is 11.7. The third kappa shape index (κ3) is 6.63. The molecule has 1 aromatic heterocycles. The molecule has 0 fully saturated rings. The predicted octanol–water partition coefficient (Wildman–Crippen LogP) is 5.19. The van der Waals surface area contributed by atoms with Crippen LogP contribution < -0.4 is 15.4 Å². The molecule has 0 saturated heterocycles. The second-order valence-electron chi connectivity index (χ2n) is 6.44. The van der Waals surface area contributed by atoms with Gasteiger partial charge in [0, 0.05) is 17.6 Å². The molecular formula is C21H18ClF2N3O4S. The lowest BCUT2D eigenvalue weighted by Gasteiger charge is -2.14. The van der Waals surface area contributed by atoms with E-state index in [1.165, 1.54) is 41.8 Å². The van der Waals surface area contributed by atoms with Crippen molar-refractivity contribution in [2.45, 2.75) is 26.2 Å². The summed E-state index contributed by atoms with van der Waals surface area (Å²) in [7, 11) is 0. The first-order chi connectivity index (χ1) is 15.3. The first-order valence-electron chi connectivity index (χ1n) is 9.31. The number of benzene rings is 2. The molecule has 0 saturated carbocycles. The van der Waals surface area contributed by atoms with Crippen molar-refractivity contribution in [3.8, 4) is 5.75 Å². The molecular weight excluding hydrogens is 464 g/mol. The van der Waals surface area contributed by atoms with Crippen LogP contribution in [0.3, 0.4) is 0 Å². The standard InChI is InChI=1S/C21H18ClF2N3O4S/c1-12(18(28)26-14-7-8-17(15(22)9-14)31-20(23)24)30-19(29)16-11-32-21(27-16)25-10-13-5-3-2-4-6-13/h2-9,11-12,20H,10H2,1H3,(H,25,27)(H,26,28). The third-order valence-corrected chi connectivity index (χ3v) is 5.16. The molecule has 1 atom stereocenters. The van der Waals surface area contributed by atoms with Crippen molar-refractivity contribution in [2.24, 2.45) is 0 Å². The Hall–Kier alpha value is -3.24. The van der Waals surface area contributed by atoms with Crippen molar-refractivity contribution in [1.29, 1.82) is 0 Å². The zero-order chi connectivity index (χ0) is 23.1. The summed E-state index contributed by atoms with van der Waals surface area (Å²) in [6.07, 6.45) is -1.14. The molecule has 0 bridgehead atoms. The number of amides is 1. The van der Waals surface area contributed by atoms with Gasteiger partial charge in [0.2, 0.25) is 0 Å². The van der Waals surface area contributed by atoms with Gasteiger partial charge in [-0.1, -0.05) is 41.9 Å². The number of carbonyl (C=O) groups excluding carboxylic acids is 2. The molecule has 0 radical (unpaired) electrons. The van der Waals surface area contributed by atoms with Crippen molar-refractivity contribution >= 4 is 45.6 Å². The van der Waals surface area contributed by atoms with Crippen molar-refractivity contribution in [2.75, 3.05) is 10.6 Å². The summed E-state index contributed by atoms with van der Waals surface area (Å²) in [5, 5.41) is 7.57. The number of esters is 1. The maximum atomic E-state index is 12.3. The lowest BCUT2D eigenvalue weighted by molar-refractivity contribution is -0.123. The second-order valence-corrected chi connectivity index (χ2v) is 7.70. The summed E-state index contributed by atoms with van der Waals surface area (Å²) in [6, 6.07) is 13.5. The largest absolute Gasteiger partial charge is 0.448 e. The zero-order valence-corrected chi connectivity index (χ0v) is 18.3. The number of carbonyl (C=O) groups is 2. The van der Waals surface area contributed by atoms with E-state index >= 15 is 0 Å². The van der Waals surface area contributed by atoms with Gasteiger partial charge < -0.3 is 20.1 Å². The topological polar surface area (TPSA) is 89.5 Å². The second kappa shape index (κ2) is 10.9. The van der Waals surface area contributed by atoms with Gasteiger partial charge in [0.15, 0.2) is 16.9 Å². The van der Waals surface area contributed by atoms with Crippen LogP contribution in [-0.4, -0.2) is 29.6 Å². The molecule has 1 heterocycles. The van der Waals surface area contributed by atoms with Crippen LogP contribution in [0, 0.1) is 0 Å². The van der Waals surface area contributed by atoms with E-state index < -0.39 is 24.6 Å². The molecule has 32 heavy (non-hydrogen) atoms. The Labute approximate surface area is 191 Å². The number of nitrogens with zero attached hydrogens (tertiary/aromatic N) is 1. The highest BCUT2D eigenvalue weighted by Gasteiger charge is 2.21. The number of nitrogens with one attached hydrogen (secondary N) is 2. The molecule has 0 aliphatic carbocycles. The first kappa shape index (κ1) is 23.4. The van der Waals surface area contributed by atoms with Crippen LogP contribution in [0.1, 0.15) is 23.0 Å². The number of aromatic nitrogens is 1. The molecule has 3 rings (SSSR count). The van der Waals surface area contributed by atoms with E-state index in [4.69, 9.17) is 16.3 Å². The minimum atomic E-state index is -3.02. The SMILES string of the molecule is CC(OC(=O)c1csc(NCc2ccccc2)n1)C(=O)Nc1ccc(OC(F)F)c(Cl)c1. The molecule has 0 aliphatic heterocycles. The quantitative estimate of drug-likeness (QED) is 0.409. The van der Waals surface area contributed by atoms with Crippen molar-refractivity contribution in [3.63, 3.8) is 0 Å². The Bertz CT molecular complexity index is 1080. The highest BCUT2D eigenvalue weighted by atomic mass is 35.5.